The summed E-state index contributed by atoms with van der Waals surface area (Å²) in [6, 6.07) is 0. The third-order valence-electron chi connectivity index (χ3n) is 0.667. The monoisotopic (exact) mass is 348 g/mol. The number of hydrogen-bond donors (Lipinski definition) is 0. The van der Waals surface area contributed by atoms with Crippen LogP contribution in [0.25, 0.3) is 0 Å². The van der Waals surface area contributed by atoms with Crippen LogP contribution in [0.5, 0.6) is 0 Å². The Morgan fingerprint density at radius 3 is 1.00 bits per heavy atom. The molecule has 8 heavy (non-hydrogen) atoms. The van der Waals surface area contributed by atoms with Gasteiger partial charge in [-0.15, -0.1) is 0 Å². The van der Waals surface area contributed by atoms with Crippen LogP contribution in [0.2, 0.25) is 0 Å². The topological polar surface area (TPSA) is 0 Å². The van der Waals surface area contributed by atoms with E-state index < -0.39 is 0 Å². The van der Waals surface area contributed by atoms with Gasteiger partial charge in [0.2, 0.25) is 0 Å². The molecular weight excluding hydrogens is 338 g/mol. The van der Waals surface area contributed by atoms with E-state index >= 15 is 0 Å². The first-order chi connectivity index (χ1) is 4.00. The minimum atomic E-state index is 0.375. The summed E-state index contributed by atoms with van der Waals surface area (Å²) in [5, 5.41) is 0. The Morgan fingerprint density at radius 2 is 0.750 bits per heavy atom. The fourth-order valence-electron chi connectivity index (χ4n) is 0.359. The molecule has 0 atom stereocenters. The van der Waals surface area contributed by atoms with E-state index in [1.807, 2.05) is 0 Å². The summed E-state index contributed by atoms with van der Waals surface area (Å²) < 4.78 is 10.5. The fraction of sp³-hybridized carbons (Fsp3) is 0. The molecule has 1 aliphatic heterocycles. The van der Waals surface area contributed by atoms with Crippen molar-refractivity contribution in [1.29, 1.82) is 0 Å². The van der Waals surface area contributed by atoms with E-state index in [2.05, 4.69) is 14.7 Å². The SMILES string of the molecule is [CH]1=[Ge][CH]=[Ge][CH]=[Ge][CH]=[Ge]1. The Hall–Kier alpha value is 1.65. The van der Waals surface area contributed by atoms with Crippen molar-refractivity contribution in [2.45, 2.75) is 0 Å². The summed E-state index contributed by atoms with van der Waals surface area (Å²) >= 11 is 1.50. The second-order valence-corrected chi connectivity index (χ2v) is 19.1. The minimum absolute atomic E-state index is 0.375. The molecular formula is C4H4Ge4. The zero-order valence-corrected chi connectivity index (χ0v) is 12.7. The van der Waals surface area contributed by atoms with Gasteiger partial charge in [0.25, 0.3) is 0 Å². The molecule has 1 heterocycles. The van der Waals surface area contributed by atoms with Gasteiger partial charge in [0.05, 0.1) is 0 Å². The molecule has 0 bridgehead atoms. The Morgan fingerprint density at radius 1 is 0.500 bits per heavy atom. The Kier molecular flexibility index (Phi) is 5.27. The maximum atomic E-state index is 2.62. The Bertz CT molecular complexity index is 109. The molecule has 0 fully saturated rings. The van der Waals surface area contributed by atoms with E-state index in [1.165, 1.54) is 0 Å². The molecule has 0 aromatic rings. The van der Waals surface area contributed by atoms with Crippen LogP contribution in [0.15, 0.2) is 0 Å². The van der Waals surface area contributed by atoms with E-state index in [1.54, 1.807) is 0 Å². The van der Waals surface area contributed by atoms with Gasteiger partial charge in [0, 0.05) is 0 Å². The molecule has 0 amide bonds. The zero-order chi connectivity index (χ0) is 5.66. The molecule has 0 nitrogen and oxygen atoms in total. The van der Waals surface area contributed by atoms with Gasteiger partial charge in [-0.2, -0.15) is 0 Å². The first-order valence-electron chi connectivity index (χ1n) is 2.31. The quantitative estimate of drug-likeness (QED) is 0.441. The number of rotatable bonds is 0. The molecule has 1 rings (SSSR count). The molecule has 0 N–H and O–H groups in total. The predicted molar refractivity (Wildman–Crippen MR) is 47.3 cm³/mol. The molecule has 0 aromatic carbocycles. The predicted octanol–water partition coefficient (Wildman–Crippen LogP) is -2.14. The van der Waals surface area contributed by atoms with Crippen LogP contribution >= 0.6 is 0 Å². The van der Waals surface area contributed by atoms with Gasteiger partial charge in [-0.3, -0.25) is 0 Å². The average Bonchev–Trinajstić information content (AvgIpc) is 1.62. The molecule has 36 valence electrons. The number of hydrogen-bond acceptors (Lipinski definition) is 0. The van der Waals surface area contributed by atoms with Gasteiger partial charge in [-0.05, 0) is 0 Å². The van der Waals surface area contributed by atoms with Gasteiger partial charge in [-0.25, -0.2) is 0 Å². The van der Waals surface area contributed by atoms with Gasteiger partial charge in [0.15, 0.2) is 0 Å². The Labute approximate surface area is 73.9 Å². The second-order valence-electron chi connectivity index (χ2n) is 1.24. The molecule has 0 aromatic heterocycles. The van der Waals surface area contributed by atoms with Gasteiger partial charge in [-0.1, -0.05) is 0 Å². The van der Waals surface area contributed by atoms with E-state index in [9.17, 15) is 0 Å². The first kappa shape index (κ1) is 7.76. The summed E-state index contributed by atoms with van der Waals surface area (Å²) in [6.45, 7) is 0. The van der Waals surface area contributed by atoms with Crippen molar-refractivity contribution in [1.82, 2.24) is 0 Å². The van der Waals surface area contributed by atoms with Crippen molar-refractivity contribution in [3.8, 4) is 0 Å². The first-order valence-corrected chi connectivity index (χ1v) is 12.0. The van der Waals surface area contributed by atoms with Gasteiger partial charge >= 0.3 is 74.7 Å². The Balaban J connectivity index is 2.67. The van der Waals surface area contributed by atoms with Crippen molar-refractivity contribution >= 4 is 74.7 Å². The summed E-state index contributed by atoms with van der Waals surface area (Å²) in [6.07, 6.45) is 0. The van der Waals surface area contributed by atoms with Crippen molar-refractivity contribution in [2.75, 3.05) is 0 Å². The van der Waals surface area contributed by atoms with Crippen molar-refractivity contribution in [2.24, 2.45) is 0 Å². The molecule has 0 saturated carbocycles. The molecule has 0 unspecified atom stereocenters. The zero-order valence-electron chi connectivity index (χ0n) is 4.31. The van der Waals surface area contributed by atoms with Crippen LogP contribution in [0.3, 0.4) is 0 Å². The summed E-state index contributed by atoms with van der Waals surface area (Å²) in [4.78, 5) is 0. The summed E-state index contributed by atoms with van der Waals surface area (Å²) in [7, 11) is 0. The van der Waals surface area contributed by atoms with Crippen LogP contribution in [0.1, 0.15) is 0 Å². The van der Waals surface area contributed by atoms with Crippen LogP contribution in [0, 0.1) is 0 Å². The summed E-state index contributed by atoms with van der Waals surface area (Å²) in [5.74, 6) is 0. The fourth-order valence-corrected chi connectivity index (χ4v) is 28.6. The molecule has 0 spiro atoms. The van der Waals surface area contributed by atoms with E-state index in [0.717, 1.165) is 0 Å². The second kappa shape index (κ2) is 5.44. The van der Waals surface area contributed by atoms with Gasteiger partial charge in [0.1, 0.15) is 0 Å². The van der Waals surface area contributed by atoms with Crippen molar-refractivity contribution < 1.29 is 0 Å². The summed E-state index contributed by atoms with van der Waals surface area (Å²) in [5.41, 5.74) is 0. The third kappa shape index (κ3) is 3.63. The van der Waals surface area contributed by atoms with Crippen LogP contribution in [-0.4, -0.2) is 74.7 Å². The van der Waals surface area contributed by atoms with E-state index in [4.69, 9.17) is 0 Å². The maximum absolute atomic E-state index is 2.62. The average molecular weight is 343 g/mol. The van der Waals surface area contributed by atoms with Crippen LogP contribution < -0.4 is 0 Å². The standard InChI is InChI=1S/C4H4Ge4/c1-5-2-7-4-8-3-6-1/h1-4H. The molecule has 0 saturated heterocycles. The molecule has 0 aliphatic carbocycles. The van der Waals surface area contributed by atoms with Crippen LogP contribution in [0.4, 0.5) is 0 Å². The van der Waals surface area contributed by atoms with E-state index in [-0.39, 0.29) is 0 Å². The van der Waals surface area contributed by atoms with Crippen molar-refractivity contribution in [3.05, 3.63) is 0 Å². The normalized spacial score (nSPS) is 16.0. The molecule has 4 radical (unpaired) electrons. The third-order valence-corrected chi connectivity index (χ3v) is 18.0. The molecule has 4 heteroatoms. The van der Waals surface area contributed by atoms with E-state index in [0.29, 0.717) is 60.0 Å². The molecule has 1 aliphatic rings. The van der Waals surface area contributed by atoms with Crippen molar-refractivity contribution in [3.63, 3.8) is 0 Å². The van der Waals surface area contributed by atoms with Crippen LogP contribution in [-0.2, 0) is 0 Å². The van der Waals surface area contributed by atoms with Gasteiger partial charge < -0.3 is 0 Å².